The van der Waals surface area contributed by atoms with E-state index in [1.165, 1.54) is 5.56 Å². The minimum absolute atomic E-state index is 0.0558. The SMILES string of the molecule is Cc1nc(C)c(C(=O)N[C@@H]2CN(Cc3ccccc3)CC[C@@H]2CO)o1. The number of benzene rings is 1. The maximum Gasteiger partial charge on any atom is 0.289 e. The number of aromatic nitrogens is 1. The number of rotatable bonds is 5. The molecule has 1 aromatic heterocycles. The van der Waals surface area contributed by atoms with Crippen molar-refractivity contribution in [2.45, 2.75) is 32.9 Å². The van der Waals surface area contributed by atoms with Crippen LogP contribution in [0.15, 0.2) is 34.7 Å². The van der Waals surface area contributed by atoms with Crippen molar-refractivity contribution in [3.05, 3.63) is 53.2 Å². The van der Waals surface area contributed by atoms with E-state index < -0.39 is 0 Å². The van der Waals surface area contributed by atoms with Crippen LogP contribution >= 0.6 is 0 Å². The standard InChI is InChI=1S/C19H25N3O3/c1-13-18(25-14(2)20-13)19(24)21-17-11-22(9-8-16(17)12-23)10-15-6-4-3-5-7-15/h3-7,16-17,23H,8-12H2,1-2H3,(H,21,24)/t16-,17-/m1/s1. The topological polar surface area (TPSA) is 78.6 Å². The maximum atomic E-state index is 12.5. The smallest absolute Gasteiger partial charge is 0.289 e. The van der Waals surface area contributed by atoms with Gasteiger partial charge in [-0.2, -0.15) is 0 Å². The number of aliphatic hydroxyl groups excluding tert-OH is 1. The quantitative estimate of drug-likeness (QED) is 0.867. The van der Waals surface area contributed by atoms with Crippen LogP contribution in [-0.4, -0.2) is 46.6 Å². The summed E-state index contributed by atoms with van der Waals surface area (Å²) in [4.78, 5) is 19.0. The number of oxazole rings is 1. The highest BCUT2D eigenvalue weighted by Gasteiger charge is 2.31. The number of nitrogens with one attached hydrogen (secondary N) is 1. The van der Waals surface area contributed by atoms with Crippen LogP contribution in [0.2, 0.25) is 0 Å². The fraction of sp³-hybridized carbons (Fsp3) is 0.474. The summed E-state index contributed by atoms with van der Waals surface area (Å²) in [5, 5.41) is 12.7. The van der Waals surface area contributed by atoms with E-state index in [1.54, 1.807) is 13.8 Å². The third-order valence-electron chi connectivity index (χ3n) is 4.75. The van der Waals surface area contributed by atoms with Crippen molar-refractivity contribution in [2.24, 2.45) is 5.92 Å². The average Bonchev–Trinajstić information content (AvgIpc) is 2.94. The zero-order chi connectivity index (χ0) is 17.8. The summed E-state index contributed by atoms with van der Waals surface area (Å²) in [6.45, 7) is 6.01. The van der Waals surface area contributed by atoms with Gasteiger partial charge >= 0.3 is 0 Å². The Morgan fingerprint density at radius 2 is 2.12 bits per heavy atom. The van der Waals surface area contributed by atoms with E-state index in [0.29, 0.717) is 18.1 Å². The second-order valence-corrected chi connectivity index (χ2v) is 6.68. The molecule has 0 radical (unpaired) electrons. The van der Waals surface area contributed by atoms with Gasteiger partial charge in [-0.3, -0.25) is 9.69 Å². The Morgan fingerprint density at radius 3 is 2.76 bits per heavy atom. The monoisotopic (exact) mass is 343 g/mol. The normalized spacial score (nSPS) is 21.2. The Bertz CT molecular complexity index is 714. The van der Waals surface area contributed by atoms with Gasteiger partial charge in [0.1, 0.15) is 0 Å². The molecule has 0 bridgehead atoms. The second kappa shape index (κ2) is 7.80. The van der Waals surface area contributed by atoms with Crippen molar-refractivity contribution >= 4 is 5.91 Å². The molecule has 2 N–H and O–H groups in total. The number of aliphatic hydroxyl groups is 1. The molecule has 0 aliphatic carbocycles. The molecule has 1 aliphatic heterocycles. The minimum atomic E-state index is -0.261. The van der Waals surface area contributed by atoms with Crippen molar-refractivity contribution in [3.63, 3.8) is 0 Å². The molecule has 0 saturated carbocycles. The van der Waals surface area contributed by atoms with Gasteiger partial charge in [0.2, 0.25) is 5.76 Å². The summed E-state index contributed by atoms with van der Waals surface area (Å²) >= 11 is 0. The number of hydrogen-bond donors (Lipinski definition) is 2. The Morgan fingerprint density at radius 1 is 1.36 bits per heavy atom. The molecular formula is C19H25N3O3. The number of hydrogen-bond acceptors (Lipinski definition) is 5. The van der Waals surface area contributed by atoms with E-state index in [2.05, 4.69) is 27.3 Å². The number of amides is 1. The largest absolute Gasteiger partial charge is 0.436 e. The van der Waals surface area contributed by atoms with E-state index in [4.69, 9.17) is 4.42 Å². The number of likely N-dealkylation sites (tertiary alicyclic amines) is 1. The third-order valence-corrected chi connectivity index (χ3v) is 4.75. The molecule has 1 aromatic carbocycles. The van der Waals surface area contributed by atoms with Gasteiger partial charge in [0.25, 0.3) is 5.91 Å². The van der Waals surface area contributed by atoms with Crippen molar-refractivity contribution < 1.29 is 14.3 Å². The number of carbonyl (C=O) groups excluding carboxylic acids is 1. The summed E-state index contributed by atoms with van der Waals surface area (Å²) < 4.78 is 5.41. The molecule has 2 atom stereocenters. The van der Waals surface area contributed by atoms with E-state index in [-0.39, 0.29) is 30.2 Å². The molecule has 6 heteroatoms. The first-order valence-electron chi connectivity index (χ1n) is 8.69. The number of piperidine rings is 1. The summed E-state index contributed by atoms with van der Waals surface area (Å²) in [6.07, 6.45) is 0.850. The number of carbonyl (C=O) groups is 1. The van der Waals surface area contributed by atoms with Gasteiger partial charge < -0.3 is 14.8 Å². The predicted molar refractivity (Wildman–Crippen MR) is 94.1 cm³/mol. The summed E-state index contributed by atoms with van der Waals surface area (Å²) in [5.74, 6) is 0.536. The Hall–Kier alpha value is -2.18. The lowest BCUT2D eigenvalue weighted by molar-refractivity contribution is 0.0709. The van der Waals surface area contributed by atoms with Crippen LogP contribution in [0, 0.1) is 19.8 Å². The molecule has 1 fully saturated rings. The van der Waals surface area contributed by atoms with E-state index >= 15 is 0 Å². The first-order valence-corrected chi connectivity index (χ1v) is 8.69. The number of aryl methyl sites for hydroxylation is 2. The van der Waals surface area contributed by atoms with Crippen molar-refractivity contribution in [1.82, 2.24) is 15.2 Å². The van der Waals surface area contributed by atoms with Crippen LogP contribution in [0.25, 0.3) is 0 Å². The fourth-order valence-electron chi connectivity index (χ4n) is 3.41. The molecule has 2 aromatic rings. The fourth-order valence-corrected chi connectivity index (χ4v) is 3.41. The Labute approximate surface area is 147 Å². The third kappa shape index (κ3) is 4.27. The minimum Gasteiger partial charge on any atom is -0.436 e. The van der Waals surface area contributed by atoms with Crippen LogP contribution in [0.1, 0.15) is 34.1 Å². The van der Waals surface area contributed by atoms with Crippen molar-refractivity contribution in [1.29, 1.82) is 0 Å². The molecule has 3 rings (SSSR count). The molecule has 1 aliphatic rings. The van der Waals surface area contributed by atoms with Crippen LogP contribution in [0.3, 0.4) is 0 Å². The van der Waals surface area contributed by atoms with Crippen molar-refractivity contribution in [3.8, 4) is 0 Å². The number of nitrogens with zero attached hydrogens (tertiary/aromatic N) is 2. The summed E-state index contributed by atoms with van der Waals surface area (Å²) in [5.41, 5.74) is 1.84. The molecule has 1 saturated heterocycles. The van der Waals surface area contributed by atoms with Gasteiger partial charge in [-0.15, -0.1) is 0 Å². The molecule has 0 spiro atoms. The molecule has 6 nitrogen and oxygen atoms in total. The second-order valence-electron chi connectivity index (χ2n) is 6.68. The first-order chi connectivity index (χ1) is 12.1. The van der Waals surface area contributed by atoms with Gasteiger partial charge in [0.15, 0.2) is 5.89 Å². The summed E-state index contributed by atoms with van der Waals surface area (Å²) in [7, 11) is 0. The van der Waals surface area contributed by atoms with Gasteiger partial charge in [-0.25, -0.2) is 4.98 Å². The van der Waals surface area contributed by atoms with E-state index in [1.807, 2.05) is 18.2 Å². The van der Waals surface area contributed by atoms with E-state index in [9.17, 15) is 9.90 Å². The van der Waals surface area contributed by atoms with Crippen LogP contribution in [0.4, 0.5) is 0 Å². The average molecular weight is 343 g/mol. The lowest BCUT2D eigenvalue weighted by Gasteiger charge is -2.38. The van der Waals surface area contributed by atoms with Gasteiger partial charge in [0, 0.05) is 38.6 Å². The molecule has 134 valence electrons. The molecule has 1 amide bonds. The van der Waals surface area contributed by atoms with Crippen LogP contribution < -0.4 is 5.32 Å². The van der Waals surface area contributed by atoms with Crippen molar-refractivity contribution in [2.75, 3.05) is 19.7 Å². The molecule has 25 heavy (non-hydrogen) atoms. The Balaban J connectivity index is 1.66. The predicted octanol–water partition coefficient (Wildman–Crippen LogP) is 1.90. The van der Waals surface area contributed by atoms with Crippen LogP contribution in [0.5, 0.6) is 0 Å². The highest BCUT2D eigenvalue weighted by atomic mass is 16.4. The molecular weight excluding hydrogens is 318 g/mol. The molecule has 2 heterocycles. The maximum absolute atomic E-state index is 12.5. The highest BCUT2D eigenvalue weighted by molar-refractivity contribution is 5.92. The Kier molecular flexibility index (Phi) is 5.50. The van der Waals surface area contributed by atoms with Crippen LogP contribution in [-0.2, 0) is 6.54 Å². The van der Waals surface area contributed by atoms with Gasteiger partial charge in [0.05, 0.1) is 5.69 Å². The lowest BCUT2D eigenvalue weighted by Crippen LogP contribution is -2.53. The van der Waals surface area contributed by atoms with E-state index in [0.717, 1.165) is 19.5 Å². The zero-order valence-corrected chi connectivity index (χ0v) is 14.7. The zero-order valence-electron chi connectivity index (χ0n) is 14.7. The lowest BCUT2D eigenvalue weighted by atomic mass is 9.91. The van der Waals surface area contributed by atoms with Gasteiger partial charge in [-0.05, 0) is 25.5 Å². The first kappa shape index (κ1) is 17.6. The summed E-state index contributed by atoms with van der Waals surface area (Å²) in [6, 6.07) is 10.2. The van der Waals surface area contributed by atoms with Gasteiger partial charge in [-0.1, -0.05) is 30.3 Å². The molecule has 0 unspecified atom stereocenters. The highest BCUT2D eigenvalue weighted by Crippen LogP contribution is 2.20.